The fourth-order valence-electron chi connectivity index (χ4n) is 3.99. The highest BCUT2D eigenvalue weighted by Crippen LogP contribution is 2.39. The van der Waals surface area contributed by atoms with Gasteiger partial charge in [-0.15, -0.1) is 0 Å². The van der Waals surface area contributed by atoms with Gasteiger partial charge in [0.15, 0.2) is 5.78 Å². The molecule has 13 heteroatoms. The predicted octanol–water partition coefficient (Wildman–Crippen LogP) is 4.31. The standard InChI is InChI=1S/C22H26F7NO5/c1-3-15-13(10-18(32)20(34,4-2)17(31)7-8-21(24,25)26)19(33)30(11-22(27,28)29)14-9-12(23)5-6-16(14)35-15/h5-6,9,13,15,17,31,34H,3-4,7-8,10-11H2,1-2H3/t13-,15+,17?,20?/m0/s1. The van der Waals surface area contributed by atoms with E-state index in [0.29, 0.717) is 6.07 Å². The Kier molecular flexibility index (Phi) is 8.80. The molecule has 35 heavy (non-hydrogen) atoms. The predicted molar refractivity (Wildman–Crippen MR) is 109 cm³/mol. The molecule has 0 fully saturated rings. The topological polar surface area (TPSA) is 87.1 Å². The molecule has 4 atom stereocenters. The summed E-state index contributed by atoms with van der Waals surface area (Å²) in [7, 11) is 0. The first kappa shape index (κ1) is 28.8. The van der Waals surface area contributed by atoms with Gasteiger partial charge in [-0.05, 0) is 31.4 Å². The van der Waals surface area contributed by atoms with E-state index in [-0.39, 0.29) is 17.1 Å². The minimum Gasteiger partial charge on any atom is -0.487 e. The summed E-state index contributed by atoms with van der Waals surface area (Å²) in [6.07, 6.45) is -16.8. The molecule has 0 aromatic heterocycles. The van der Waals surface area contributed by atoms with Crippen LogP contribution in [0.2, 0.25) is 0 Å². The first-order valence-corrected chi connectivity index (χ1v) is 10.9. The SMILES string of the molecule is CC[C@H]1Oc2ccc(F)cc2N(CC(F)(F)F)C(=O)[C@H]1CC(=O)C(O)(CC)C(O)CCC(F)(F)F. The summed E-state index contributed by atoms with van der Waals surface area (Å²) < 4.78 is 97.0. The number of fused-ring (bicyclic) bond motifs is 1. The zero-order valence-electron chi connectivity index (χ0n) is 18.9. The Morgan fingerprint density at radius 3 is 2.29 bits per heavy atom. The Morgan fingerprint density at radius 1 is 1.14 bits per heavy atom. The molecule has 1 heterocycles. The summed E-state index contributed by atoms with van der Waals surface area (Å²) in [5.74, 6) is -5.24. The van der Waals surface area contributed by atoms with Crippen LogP contribution in [0.4, 0.5) is 36.4 Å². The molecule has 0 bridgehead atoms. The van der Waals surface area contributed by atoms with E-state index in [1.807, 2.05) is 0 Å². The minimum absolute atomic E-state index is 0.0154. The first-order valence-electron chi connectivity index (χ1n) is 10.9. The van der Waals surface area contributed by atoms with Crippen LogP contribution in [0.3, 0.4) is 0 Å². The number of carbonyl (C=O) groups is 2. The van der Waals surface area contributed by atoms with Gasteiger partial charge < -0.3 is 14.9 Å². The quantitative estimate of drug-likeness (QED) is 0.477. The molecule has 2 N–H and O–H groups in total. The van der Waals surface area contributed by atoms with Crippen LogP contribution < -0.4 is 9.64 Å². The molecule has 0 aliphatic carbocycles. The van der Waals surface area contributed by atoms with Crippen molar-refractivity contribution in [2.45, 2.75) is 76.1 Å². The average molecular weight is 517 g/mol. The number of hydrogen-bond acceptors (Lipinski definition) is 5. The lowest BCUT2D eigenvalue weighted by atomic mass is 9.80. The second-order valence-corrected chi connectivity index (χ2v) is 8.40. The highest BCUT2D eigenvalue weighted by Gasteiger charge is 2.48. The number of halogens is 7. The Balaban J connectivity index is 2.42. The molecule has 0 saturated carbocycles. The van der Waals surface area contributed by atoms with Crippen molar-refractivity contribution in [2.75, 3.05) is 11.4 Å². The number of ether oxygens (including phenoxy) is 1. The molecule has 2 unspecified atom stereocenters. The van der Waals surface area contributed by atoms with Crippen molar-refractivity contribution in [1.29, 1.82) is 0 Å². The molecule has 1 aliphatic rings. The summed E-state index contributed by atoms with van der Waals surface area (Å²) in [6, 6.07) is 2.64. The van der Waals surface area contributed by atoms with Gasteiger partial charge in [0.05, 0.1) is 17.7 Å². The van der Waals surface area contributed by atoms with E-state index in [4.69, 9.17) is 4.74 Å². The largest absolute Gasteiger partial charge is 0.487 e. The monoisotopic (exact) mass is 517 g/mol. The Labute approximate surface area is 196 Å². The maximum absolute atomic E-state index is 13.8. The minimum atomic E-state index is -4.90. The van der Waals surface area contributed by atoms with Crippen molar-refractivity contribution >= 4 is 17.4 Å². The third-order valence-electron chi connectivity index (χ3n) is 5.94. The van der Waals surface area contributed by atoms with Crippen molar-refractivity contribution in [2.24, 2.45) is 5.92 Å². The van der Waals surface area contributed by atoms with Gasteiger partial charge in [-0.2, -0.15) is 26.3 Å². The average Bonchev–Trinajstić information content (AvgIpc) is 2.85. The zero-order chi connectivity index (χ0) is 26.8. The van der Waals surface area contributed by atoms with Gasteiger partial charge in [0.1, 0.15) is 29.8 Å². The number of aliphatic hydroxyl groups is 2. The van der Waals surface area contributed by atoms with Crippen molar-refractivity contribution in [1.82, 2.24) is 0 Å². The summed E-state index contributed by atoms with van der Waals surface area (Å²) in [6.45, 7) is 0.924. The van der Waals surface area contributed by atoms with E-state index in [1.54, 1.807) is 0 Å². The van der Waals surface area contributed by atoms with Crippen LogP contribution in [-0.4, -0.2) is 58.6 Å². The second-order valence-electron chi connectivity index (χ2n) is 8.40. The summed E-state index contributed by atoms with van der Waals surface area (Å²) in [5, 5.41) is 20.9. The van der Waals surface area contributed by atoms with E-state index in [0.717, 1.165) is 12.1 Å². The van der Waals surface area contributed by atoms with E-state index < -0.39 is 91.5 Å². The van der Waals surface area contributed by atoms with Crippen LogP contribution in [0.15, 0.2) is 18.2 Å². The van der Waals surface area contributed by atoms with Crippen LogP contribution in [0.25, 0.3) is 0 Å². The number of aliphatic hydroxyl groups excluding tert-OH is 1. The molecule has 1 amide bonds. The number of alkyl halides is 6. The van der Waals surface area contributed by atoms with Gasteiger partial charge >= 0.3 is 12.4 Å². The van der Waals surface area contributed by atoms with E-state index in [2.05, 4.69) is 0 Å². The molecule has 1 aromatic rings. The number of rotatable bonds is 9. The molecule has 0 radical (unpaired) electrons. The maximum Gasteiger partial charge on any atom is 0.406 e. The molecular formula is C22H26F7NO5. The first-order chi connectivity index (χ1) is 16.0. The van der Waals surface area contributed by atoms with Crippen LogP contribution in [0.5, 0.6) is 5.75 Å². The van der Waals surface area contributed by atoms with Gasteiger partial charge in [-0.3, -0.25) is 14.5 Å². The van der Waals surface area contributed by atoms with E-state index in [1.165, 1.54) is 13.8 Å². The molecule has 198 valence electrons. The number of Topliss-reactive ketones (excluding diaryl/α,β-unsaturated/α-hetero) is 1. The van der Waals surface area contributed by atoms with Gasteiger partial charge in [0.25, 0.3) is 0 Å². The summed E-state index contributed by atoms with van der Waals surface area (Å²) >= 11 is 0. The Bertz CT molecular complexity index is 920. The maximum atomic E-state index is 13.8. The zero-order valence-corrected chi connectivity index (χ0v) is 18.9. The van der Waals surface area contributed by atoms with Gasteiger partial charge in [-0.1, -0.05) is 13.8 Å². The number of anilines is 1. The van der Waals surface area contributed by atoms with E-state index in [9.17, 15) is 50.5 Å². The van der Waals surface area contributed by atoms with Crippen molar-refractivity contribution < 1.29 is 55.3 Å². The van der Waals surface area contributed by atoms with Crippen molar-refractivity contribution in [3.63, 3.8) is 0 Å². The van der Waals surface area contributed by atoms with Crippen molar-refractivity contribution in [3.8, 4) is 5.75 Å². The Hall–Kier alpha value is -2.41. The molecule has 0 saturated heterocycles. The van der Waals surface area contributed by atoms with Crippen LogP contribution in [0.1, 0.15) is 46.0 Å². The number of hydrogen-bond donors (Lipinski definition) is 2. The smallest absolute Gasteiger partial charge is 0.406 e. The normalized spacial score (nSPS) is 21.6. The highest BCUT2D eigenvalue weighted by molar-refractivity contribution is 6.01. The number of benzene rings is 1. The number of carbonyl (C=O) groups excluding carboxylic acids is 2. The number of ketones is 1. The lowest BCUT2D eigenvalue weighted by Gasteiger charge is -2.33. The lowest BCUT2D eigenvalue weighted by molar-refractivity contribution is -0.165. The van der Waals surface area contributed by atoms with Gasteiger partial charge in [0.2, 0.25) is 5.91 Å². The lowest BCUT2D eigenvalue weighted by Crippen LogP contribution is -2.52. The number of amides is 1. The third-order valence-corrected chi connectivity index (χ3v) is 5.94. The van der Waals surface area contributed by atoms with Crippen LogP contribution >= 0.6 is 0 Å². The second kappa shape index (κ2) is 10.7. The van der Waals surface area contributed by atoms with Crippen molar-refractivity contribution in [3.05, 3.63) is 24.0 Å². The fraction of sp³-hybridized carbons (Fsp3) is 0.636. The molecule has 0 spiro atoms. The molecular weight excluding hydrogens is 491 g/mol. The molecule has 2 rings (SSSR count). The van der Waals surface area contributed by atoms with Crippen LogP contribution in [0, 0.1) is 11.7 Å². The van der Waals surface area contributed by atoms with Gasteiger partial charge in [0, 0.05) is 18.9 Å². The van der Waals surface area contributed by atoms with E-state index >= 15 is 0 Å². The number of nitrogens with zero attached hydrogens (tertiary/aromatic N) is 1. The molecule has 1 aliphatic heterocycles. The summed E-state index contributed by atoms with van der Waals surface area (Å²) in [4.78, 5) is 26.4. The fourth-order valence-corrected chi connectivity index (χ4v) is 3.99. The molecule has 1 aromatic carbocycles. The highest BCUT2D eigenvalue weighted by atomic mass is 19.4. The molecule has 6 nitrogen and oxygen atoms in total. The summed E-state index contributed by atoms with van der Waals surface area (Å²) in [5.41, 5.74) is -3.18. The Morgan fingerprint density at radius 2 is 1.77 bits per heavy atom. The van der Waals surface area contributed by atoms with Gasteiger partial charge in [-0.25, -0.2) is 4.39 Å². The van der Waals surface area contributed by atoms with Crippen LogP contribution in [-0.2, 0) is 9.59 Å². The third kappa shape index (κ3) is 7.06.